The Balaban J connectivity index is 2.84. The van der Waals surface area contributed by atoms with Crippen LogP contribution in [-0.2, 0) is 10.0 Å². The second-order valence-electron chi connectivity index (χ2n) is 4.65. The highest BCUT2D eigenvalue weighted by molar-refractivity contribution is 7.89. The second-order valence-corrected chi connectivity index (χ2v) is 6.51. The van der Waals surface area contributed by atoms with Crippen molar-refractivity contribution in [2.24, 2.45) is 0 Å². The standard InChI is InChI=1S/C12H22N4O2S/c1-9(16(3)4)8-15-10-5-6-12(11(13)7-10)19(17,18)14-2/h5-7,9,14-15H,8,13H2,1-4H3. The first-order valence-corrected chi connectivity index (χ1v) is 7.49. The van der Waals surface area contributed by atoms with Crippen molar-refractivity contribution in [2.75, 3.05) is 38.7 Å². The predicted molar refractivity (Wildman–Crippen MR) is 78.7 cm³/mol. The van der Waals surface area contributed by atoms with Crippen LogP contribution in [-0.4, -0.2) is 47.0 Å². The quantitative estimate of drug-likeness (QED) is 0.664. The molecule has 0 saturated carbocycles. The number of nitrogens with zero attached hydrogens (tertiary/aromatic N) is 1. The molecule has 7 heteroatoms. The maximum Gasteiger partial charge on any atom is 0.242 e. The zero-order valence-electron chi connectivity index (χ0n) is 11.8. The predicted octanol–water partition coefficient (Wildman–Crippen LogP) is 0.539. The third-order valence-corrected chi connectivity index (χ3v) is 4.54. The lowest BCUT2D eigenvalue weighted by Gasteiger charge is -2.21. The molecular formula is C12H22N4O2S. The Bertz CT molecular complexity index is 529. The molecule has 6 nitrogen and oxygen atoms in total. The van der Waals surface area contributed by atoms with Gasteiger partial charge in [0.2, 0.25) is 10.0 Å². The van der Waals surface area contributed by atoms with Crippen LogP contribution in [0.5, 0.6) is 0 Å². The van der Waals surface area contributed by atoms with Gasteiger partial charge in [-0.2, -0.15) is 0 Å². The first-order valence-electron chi connectivity index (χ1n) is 6.01. The Morgan fingerprint density at radius 2 is 2.00 bits per heavy atom. The van der Waals surface area contributed by atoms with E-state index in [1.165, 1.54) is 13.1 Å². The van der Waals surface area contributed by atoms with Gasteiger partial charge < -0.3 is 16.0 Å². The average molecular weight is 286 g/mol. The fraction of sp³-hybridized carbons (Fsp3) is 0.500. The number of sulfonamides is 1. The van der Waals surface area contributed by atoms with Crippen LogP contribution in [0.25, 0.3) is 0 Å². The minimum absolute atomic E-state index is 0.0983. The number of rotatable bonds is 6. The van der Waals surface area contributed by atoms with E-state index in [4.69, 9.17) is 5.73 Å². The zero-order chi connectivity index (χ0) is 14.6. The lowest BCUT2D eigenvalue weighted by molar-refractivity contribution is 0.326. The summed E-state index contributed by atoms with van der Waals surface area (Å²) in [6.45, 7) is 2.85. The van der Waals surface area contributed by atoms with Gasteiger partial charge in [0.1, 0.15) is 4.90 Å². The number of nitrogen functional groups attached to an aromatic ring is 1. The third-order valence-electron chi connectivity index (χ3n) is 3.05. The van der Waals surface area contributed by atoms with Gasteiger partial charge in [0, 0.05) is 18.3 Å². The minimum atomic E-state index is -3.50. The minimum Gasteiger partial charge on any atom is -0.398 e. The molecule has 0 saturated heterocycles. The molecule has 4 N–H and O–H groups in total. The lowest BCUT2D eigenvalue weighted by atomic mass is 10.2. The molecule has 1 aromatic rings. The molecule has 19 heavy (non-hydrogen) atoms. The Hall–Kier alpha value is -1.31. The molecule has 0 aliphatic rings. The second kappa shape index (κ2) is 6.23. The highest BCUT2D eigenvalue weighted by Gasteiger charge is 2.15. The summed E-state index contributed by atoms with van der Waals surface area (Å²) in [5, 5.41) is 3.23. The van der Waals surface area contributed by atoms with Crippen LogP contribution < -0.4 is 15.8 Å². The molecule has 0 aliphatic heterocycles. The summed E-state index contributed by atoms with van der Waals surface area (Å²) >= 11 is 0. The highest BCUT2D eigenvalue weighted by Crippen LogP contribution is 2.22. The van der Waals surface area contributed by atoms with Gasteiger partial charge >= 0.3 is 0 Å². The van der Waals surface area contributed by atoms with E-state index in [1.807, 2.05) is 14.1 Å². The molecule has 1 aromatic carbocycles. The van der Waals surface area contributed by atoms with Crippen LogP contribution in [0.2, 0.25) is 0 Å². The van der Waals surface area contributed by atoms with Crippen molar-refractivity contribution in [3.05, 3.63) is 18.2 Å². The molecule has 0 amide bonds. The molecule has 1 rings (SSSR count). The number of hydrogen-bond acceptors (Lipinski definition) is 5. The number of anilines is 2. The van der Waals surface area contributed by atoms with Crippen molar-refractivity contribution in [1.82, 2.24) is 9.62 Å². The van der Waals surface area contributed by atoms with Crippen LogP contribution in [0.3, 0.4) is 0 Å². The lowest BCUT2D eigenvalue weighted by Crippen LogP contribution is -2.31. The van der Waals surface area contributed by atoms with Gasteiger partial charge in [0.25, 0.3) is 0 Å². The Morgan fingerprint density at radius 3 is 2.47 bits per heavy atom. The fourth-order valence-electron chi connectivity index (χ4n) is 1.46. The summed E-state index contributed by atoms with van der Waals surface area (Å²) in [5.74, 6) is 0. The van der Waals surface area contributed by atoms with Gasteiger partial charge in [-0.25, -0.2) is 13.1 Å². The molecule has 0 heterocycles. The molecule has 0 spiro atoms. The molecule has 0 aromatic heterocycles. The van der Waals surface area contributed by atoms with Crippen LogP contribution in [0.4, 0.5) is 11.4 Å². The van der Waals surface area contributed by atoms with Crippen LogP contribution in [0, 0.1) is 0 Å². The maximum absolute atomic E-state index is 11.7. The van der Waals surface area contributed by atoms with Crippen molar-refractivity contribution < 1.29 is 8.42 Å². The number of benzene rings is 1. The summed E-state index contributed by atoms with van der Waals surface area (Å²) in [4.78, 5) is 2.19. The summed E-state index contributed by atoms with van der Waals surface area (Å²) in [7, 11) is 1.87. The summed E-state index contributed by atoms with van der Waals surface area (Å²) in [6, 6.07) is 5.21. The van der Waals surface area contributed by atoms with Gasteiger partial charge in [0.15, 0.2) is 0 Å². The van der Waals surface area contributed by atoms with Gasteiger partial charge in [-0.1, -0.05) is 0 Å². The summed E-state index contributed by atoms with van der Waals surface area (Å²) in [6.07, 6.45) is 0. The Labute approximate surface area is 115 Å². The third kappa shape index (κ3) is 4.09. The molecule has 0 aliphatic carbocycles. The van der Waals surface area contributed by atoms with E-state index in [1.54, 1.807) is 12.1 Å². The van der Waals surface area contributed by atoms with Gasteiger partial charge in [0.05, 0.1) is 5.69 Å². The van der Waals surface area contributed by atoms with E-state index in [0.29, 0.717) is 6.04 Å². The fourth-order valence-corrected chi connectivity index (χ4v) is 2.30. The van der Waals surface area contributed by atoms with E-state index in [2.05, 4.69) is 21.9 Å². The number of hydrogen-bond donors (Lipinski definition) is 3. The topological polar surface area (TPSA) is 87.5 Å². The number of nitrogens with one attached hydrogen (secondary N) is 2. The van der Waals surface area contributed by atoms with Crippen molar-refractivity contribution in [1.29, 1.82) is 0 Å². The van der Waals surface area contributed by atoms with Gasteiger partial charge in [-0.3, -0.25) is 0 Å². The average Bonchev–Trinajstić information content (AvgIpc) is 2.35. The van der Waals surface area contributed by atoms with E-state index in [0.717, 1.165) is 12.2 Å². The molecule has 1 atom stereocenters. The first-order chi connectivity index (χ1) is 8.77. The SMILES string of the molecule is CNS(=O)(=O)c1ccc(NCC(C)N(C)C)cc1N. The molecule has 0 radical (unpaired) electrons. The molecule has 1 unspecified atom stereocenters. The van der Waals surface area contributed by atoms with Gasteiger partial charge in [-0.05, 0) is 46.3 Å². The summed E-state index contributed by atoms with van der Waals surface area (Å²) in [5.41, 5.74) is 6.82. The first kappa shape index (κ1) is 15.7. The van der Waals surface area contributed by atoms with E-state index in [-0.39, 0.29) is 10.6 Å². The molecule has 0 fully saturated rings. The van der Waals surface area contributed by atoms with Gasteiger partial charge in [-0.15, -0.1) is 0 Å². The van der Waals surface area contributed by atoms with Crippen LogP contribution >= 0.6 is 0 Å². The van der Waals surface area contributed by atoms with E-state index in [9.17, 15) is 8.42 Å². The number of nitrogens with two attached hydrogens (primary N) is 1. The zero-order valence-corrected chi connectivity index (χ0v) is 12.6. The van der Waals surface area contributed by atoms with Crippen molar-refractivity contribution >= 4 is 21.4 Å². The smallest absolute Gasteiger partial charge is 0.242 e. The molecule has 0 bridgehead atoms. The Kier molecular flexibility index (Phi) is 5.16. The van der Waals surface area contributed by atoms with Crippen molar-refractivity contribution in [2.45, 2.75) is 17.9 Å². The van der Waals surface area contributed by atoms with Crippen LogP contribution in [0.15, 0.2) is 23.1 Å². The van der Waals surface area contributed by atoms with Crippen molar-refractivity contribution in [3.63, 3.8) is 0 Å². The normalized spacial score (nSPS) is 13.5. The molecule has 108 valence electrons. The van der Waals surface area contributed by atoms with E-state index >= 15 is 0 Å². The maximum atomic E-state index is 11.7. The van der Waals surface area contributed by atoms with Crippen LogP contribution in [0.1, 0.15) is 6.92 Å². The monoisotopic (exact) mass is 286 g/mol. The number of likely N-dealkylation sites (N-methyl/N-ethyl adjacent to an activating group) is 1. The van der Waals surface area contributed by atoms with Crippen molar-refractivity contribution in [3.8, 4) is 0 Å². The Morgan fingerprint density at radius 1 is 1.37 bits per heavy atom. The summed E-state index contributed by atoms with van der Waals surface area (Å²) < 4.78 is 25.6. The van der Waals surface area contributed by atoms with E-state index < -0.39 is 10.0 Å². The largest absolute Gasteiger partial charge is 0.398 e. The highest BCUT2D eigenvalue weighted by atomic mass is 32.2. The molecular weight excluding hydrogens is 264 g/mol.